The lowest BCUT2D eigenvalue weighted by Gasteiger charge is -2.31. The molecular weight excluding hydrogens is 286 g/mol. The first-order valence-corrected chi connectivity index (χ1v) is 7.26. The van der Waals surface area contributed by atoms with Gasteiger partial charge in [0.15, 0.2) is 0 Å². The summed E-state index contributed by atoms with van der Waals surface area (Å²) in [6.07, 6.45) is -1.02. The zero-order valence-corrected chi connectivity index (χ0v) is 12.7. The Balaban J connectivity index is 1.98. The van der Waals surface area contributed by atoms with E-state index in [1.165, 1.54) is 0 Å². The molecule has 0 spiro atoms. The summed E-state index contributed by atoms with van der Waals surface area (Å²) in [5.41, 5.74) is 0.816. The van der Waals surface area contributed by atoms with Crippen LogP contribution in [0.3, 0.4) is 0 Å². The van der Waals surface area contributed by atoms with Crippen molar-refractivity contribution in [2.24, 2.45) is 11.8 Å². The molecule has 2 rings (SSSR count). The third-order valence-electron chi connectivity index (χ3n) is 3.85. The Morgan fingerprint density at radius 3 is 2.68 bits per heavy atom. The van der Waals surface area contributed by atoms with E-state index < -0.39 is 24.1 Å². The van der Waals surface area contributed by atoms with Crippen LogP contribution >= 0.6 is 0 Å². The number of carbonyl (C=O) groups is 3. The van der Waals surface area contributed by atoms with Gasteiger partial charge in [-0.25, -0.2) is 14.5 Å². The van der Waals surface area contributed by atoms with Crippen LogP contribution in [-0.4, -0.2) is 29.6 Å². The largest absolute Gasteiger partial charge is 0.444 e. The zero-order valence-electron chi connectivity index (χ0n) is 12.7. The van der Waals surface area contributed by atoms with Gasteiger partial charge in [-0.2, -0.15) is 0 Å². The number of rotatable bonds is 4. The van der Waals surface area contributed by atoms with Crippen molar-refractivity contribution in [3.8, 4) is 0 Å². The summed E-state index contributed by atoms with van der Waals surface area (Å²) in [6.45, 7) is 3.88. The van der Waals surface area contributed by atoms with Crippen molar-refractivity contribution >= 4 is 18.2 Å². The van der Waals surface area contributed by atoms with Gasteiger partial charge in [-0.15, -0.1) is 0 Å². The van der Waals surface area contributed by atoms with Gasteiger partial charge in [0, 0.05) is 6.54 Å². The maximum Gasteiger partial charge on any atom is 0.427 e. The first kappa shape index (κ1) is 16.0. The van der Waals surface area contributed by atoms with Crippen LogP contribution in [-0.2, 0) is 20.9 Å². The van der Waals surface area contributed by atoms with Crippen LogP contribution < -0.4 is 0 Å². The van der Waals surface area contributed by atoms with Crippen LogP contribution in [0.1, 0.15) is 25.8 Å². The Morgan fingerprint density at radius 2 is 2.05 bits per heavy atom. The number of imide groups is 1. The van der Waals surface area contributed by atoms with Crippen molar-refractivity contribution in [1.29, 1.82) is 0 Å². The second-order valence-corrected chi connectivity index (χ2v) is 5.33. The van der Waals surface area contributed by atoms with Crippen molar-refractivity contribution < 1.29 is 23.9 Å². The van der Waals surface area contributed by atoms with E-state index in [9.17, 15) is 14.4 Å². The molecule has 1 aromatic carbocycles. The van der Waals surface area contributed by atoms with Gasteiger partial charge in [0.25, 0.3) is 0 Å². The number of esters is 1. The van der Waals surface area contributed by atoms with Gasteiger partial charge in [0.2, 0.25) is 0 Å². The highest BCUT2D eigenvalue weighted by Crippen LogP contribution is 2.23. The molecule has 2 atom stereocenters. The van der Waals surface area contributed by atoms with Gasteiger partial charge in [-0.3, -0.25) is 4.79 Å². The number of amides is 2. The Morgan fingerprint density at radius 1 is 1.36 bits per heavy atom. The summed E-state index contributed by atoms with van der Waals surface area (Å²) in [7, 11) is 0. The lowest BCUT2D eigenvalue weighted by atomic mass is 9.91. The first-order valence-electron chi connectivity index (χ1n) is 7.26. The van der Waals surface area contributed by atoms with E-state index in [1.54, 1.807) is 0 Å². The molecule has 1 aliphatic heterocycles. The molecule has 22 heavy (non-hydrogen) atoms. The zero-order chi connectivity index (χ0) is 16.1. The summed E-state index contributed by atoms with van der Waals surface area (Å²) in [5, 5.41) is 0. The highest BCUT2D eigenvalue weighted by atomic mass is 16.6. The lowest BCUT2D eigenvalue weighted by Crippen LogP contribution is -2.50. The minimum Gasteiger partial charge on any atom is -0.444 e. The molecule has 0 aliphatic carbocycles. The maximum absolute atomic E-state index is 12.0. The molecular formula is C16H19NO5. The summed E-state index contributed by atoms with van der Waals surface area (Å²) in [6, 6.07) is 9.14. The van der Waals surface area contributed by atoms with E-state index in [0.29, 0.717) is 0 Å². The first-order chi connectivity index (χ1) is 10.5. The van der Waals surface area contributed by atoms with Crippen LogP contribution in [0.4, 0.5) is 9.59 Å². The molecule has 0 bridgehead atoms. The number of hydrogen-bond acceptors (Lipinski definition) is 5. The highest BCUT2D eigenvalue weighted by molar-refractivity contribution is 5.97. The van der Waals surface area contributed by atoms with Gasteiger partial charge in [-0.05, 0) is 11.5 Å². The van der Waals surface area contributed by atoms with Gasteiger partial charge < -0.3 is 9.47 Å². The minimum absolute atomic E-state index is 0.000294. The van der Waals surface area contributed by atoms with Gasteiger partial charge >= 0.3 is 18.2 Å². The molecule has 2 unspecified atom stereocenters. The van der Waals surface area contributed by atoms with E-state index in [2.05, 4.69) is 4.74 Å². The summed E-state index contributed by atoms with van der Waals surface area (Å²) < 4.78 is 9.76. The van der Waals surface area contributed by atoms with Crippen molar-refractivity contribution in [3.05, 3.63) is 35.9 Å². The Bertz CT molecular complexity index is 557. The molecule has 0 aromatic heterocycles. The van der Waals surface area contributed by atoms with Crippen molar-refractivity contribution in [3.63, 3.8) is 0 Å². The molecule has 2 amide bonds. The van der Waals surface area contributed by atoms with Gasteiger partial charge in [0.05, 0.1) is 5.92 Å². The van der Waals surface area contributed by atoms with Crippen molar-refractivity contribution in [1.82, 2.24) is 4.90 Å². The average Bonchev–Trinajstić information content (AvgIpc) is 2.53. The molecule has 118 valence electrons. The van der Waals surface area contributed by atoms with E-state index in [4.69, 9.17) is 4.74 Å². The fourth-order valence-corrected chi connectivity index (χ4v) is 2.21. The van der Waals surface area contributed by atoms with E-state index in [-0.39, 0.29) is 19.1 Å². The van der Waals surface area contributed by atoms with Gasteiger partial charge in [-0.1, -0.05) is 50.6 Å². The fourth-order valence-electron chi connectivity index (χ4n) is 2.21. The second-order valence-electron chi connectivity index (χ2n) is 5.33. The Labute approximate surface area is 129 Å². The number of ether oxygens (including phenoxy) is 2. The standard InChI is InChI=1S/C16H19NO5/c1-3-11(2)13-9-17(16(20)22-14(13)18)15(19)21-10-12-7-5-4-6-8-12/h4-8,11,13H,3,9-10H2,1-2H3. The lowest BCUT2D eigenvalue weighted by molar-refractivity contribution is -0.148. The average molecular weight is 305 g/mol. The Hall–Kier alpha value is -2.37. The number of nitrogens with zero attached hydrogens (tertiary/aromatic N) is 1. The molecule has 1 heterocycles. The third-order valence-corrected chi connectivity index (χ3v) is 3.85. The van der Waals surface area contributed by atoms with Gasteiger partial charge in [0.1, 0.15) is 6.61 Å². The fraction of sp³-hybridized carbons (Fsp3) is 0.438. The number of cyclic esters (lactones) is 2. The topological polar surface area (TPSA) is 72.9 Å². The van der Waals surface area contributed by atoms with E-state index in [0.717, 1.165) is 16.9 Å². The second kappa shape index (κ2) is 7.06. The van der Waals surface area contributed by atoms with Crippen molar-refractivity contribution in [2.45, 2.75) is 26.9 Å². The van der Waals surface area contributed by atoms with E-state index in [1.807, 2.05) is 44.2 Å². The molecule has 1 aliphatic rings. The maximum atomic E-state index is 12.0. The SMILES string of the molecule is CCC(C)C1CN(C(=O)OCc2ccccc2)C(=O)OC1=O. The number of hydrogen-bond donors (Lipinski definition) is 0. The van der Waals surface area contributed by atoms with Crippen LogP contribution in [0, 0.1) is 11.8 Å². The molecule has 1 fully saturated rings. The highest BCUT2D eigenvalue weighted by Gasteiger charge is 2.40. The smallest absolute Gasteiger partial charge is 0.427 e. The Kier molecular flexibility index (Phi) is 5.14. The molecule has 0 N–H and O–H groups in total. The normalized spacial score (nSPS) is 19.5. The molecule has 6 heteroatoms. The monoisotopic (exact) mass is 305 g/mol. The number of carbonyl (C=O) groups excluding carboxylic acids is 3. The summed E-state index contributed by atoms with van der Waals surface area (Å²) in [5.74, 6) is -1.07. The van der Waals surface area contributed by atoms with Crippen LogP contribution in [0.5, 0.6) is 0 Å². The predicted molar refractivity (Wildman–Crippen MR) is 77.8 cm³/mol. The summed E-state index contributed by atoms with van der Waals surface area (Å²) in [4.78, 5) is 36.3. The number of benzene rings is 1. The quantitative estimate of drug-likeness (QED) is 0.631. The summed E-state index contributed by atoms with van der Waals surface area (Å²) >= 11 is 0. The van der Waals surface area contributed by atoms with Crippen LogP contribution in [0.25, 0.3) is 0 Å². The minimum atomic E-state index is -0.970. The van der Waals surface area contributed by atoms with Crippen LogP contribution in [0.15, 0.2) is 30.3 Å². The van der Waals surface area contributed by atoms with E-state index >= 15 is 0 Å². The predicted octanol–water partition coefficient (Wildman–Crippen LogP) is 2.96. The molecule has 6 nitrogen and oxygen atoms in total. The molecule has 1 aromatic rings. The third kappa shape index (κ3) is 3.63. The molecule has 0 radical (unpaired) electrons. The van der Waals surface area contributed by atoms with Crippen molar-refractivity contribution in [2.75, 3.05) is 6.54 Å². The van der Waals surface area contributed by atoms with Crippen LogP contribution in [0.2, 0.25) is 0 Å². The molecule has 0 saturated carbocycles. The molecule has 1 saturated heterocycles.